The highest BCUT2D eigenvalue weighted by Crippen LogP contribution is 2.36. The summed E-state index contributed by atoms with van der Waals surface area (Å²) in [6, 6.07) is 6.06. The second-order valence-electron chi connectivity index (χ2n) is 9.82. The molecular weight excluding hydrogens is 470 g/mol. The normalized spacial score (nSPS) is 16.7. The highest BCUT2D eigenvalue weighted by Gasteiger charge is 2.30. The fraction of sp³-hybridized carbons (Fsp3) is 0.440. The lowest BCUT2D eigenvalue weighted by molar-refractivity contribution is 0.0238. The van der Waals surface area contributed by atoms with Crippen LogP contribution in [0.25, 0.3) is 11.0 Å². The van der Waals surface area contributed by atoms with Crippen LogP contribution < -0.4 is 5.32 Å². The van der Waals surface area contributed by atoms with Gasteiger partial charge in [0.1, 0.15) is 11.4 Å². The number of amides is 2. The highest BCUT2D eigenvalue weighted by molar-refractivity contribution is 6.35. The number of likely N-dealkylation sites (tertiary alicyclic amines) is 1. The van der Waals surface area contributed by atoms with Crippen molar-refractivity contribution in [1.29, 1.82) is 0 Å². The third-order valence-electron chi connectivity index (χ3n) is 5.77. The number of carbonyl (C=O) groups is 2. The van der Waals surface area contributed by atoms with Crippen molar-refractivity contribution >= 4 is 40.6 Å². The summed E-state index contributed by atoms with van der Waals surface area (Å²) in [5.41, 5.74) is 1.59. The quantitative estimate of drug-likeness (QED) is 0.505. The van der Waals surface area contributed by atoms with Crippen molar-refractivity contribution in [2.24, 2.45) is 0 Å². The molecule has 9 nitrogen and oxygen atoms in total. The molecule has 3 heterocycles. The number of nitrogens with zero attached hydrogens (tertiary/aromatic N) is 4. The Morgan fingerprint density at radius 2 is 2.00 bits per heavy atom. The maximum absolute atomic E-state index is 13.1. The lowest BCUT2D eigenvalue weighted by Gasteiger charge is -2.29. The number of anilines is 1. The van der Waals surface area contributed by atoms with Crippen LogP contribution in [0.3, 0.4) is 0 Å². The third-order valence-corrected chi connectivity index (χ3v) is 6.06. The van der Waals surface area contributed by atoms with Crippen LogP contribution in [0, 0.1) is 6.92 Å². The number of ether oxygens (including phenoxy) is 1. The molecule has 2 N–H and O–H groups in total. The van der Waals surface area contributed by atoms with Crippen LogP contribution in [-0.4, -0.2) is 55.2 Å². The zero-order valence-corrected chi connectivity index (χ0v) is 21.1. The van der Waals surface area contributed by atoms with Gasteiger partial charge in [-0.3, -0.25) is 15.1 Å². The van der Waals surface area contributed by atoms with E-state index in [9.17, 15) is 14.7 Å². The molecule has 2 amide bonds. The van der Waals surface area contributed by atoms with Crippen LogP contribution in [0.5, 0.6) is 5.75 Å². The Morgan fingerprint density at radius 1 is 1.23 bits per heavy atom. The van der Waals surface area contributed by atoms with Crippen LogP contribution in [0.1, 0.15) is 62.1 Å². The van der Waals surface area contributed by atoms with Crippen molar-refractivity contribution in [2.45, 2.75) is 58.6 Å². The van der Waals surface area contributed by atoms with Crippen molar-refractivity contribution < 1.29 is 19.4 Å². The van der Waals surface area contributed by atoms with E-state index in [4.69, 9.17) is 16.3 Å². The van der Waals surface area contributed by atoms with E-state index in [1.54, 1.807) is 23.2 Å². The van der Waals surface area contributed by atoms with Crippen LogP contribution in [0.4, 0.5) is 10.7 Å². The van der Waals surface area contributed by atoms with Gasteiger partial charge >= 0.3 is 6.09 Å². The Kier molecular flexibility index (Phi) is 6.89. The molecule has 0 unspecified atom stereocenters. The van der Waals surface area contributed by atoms with Crippen LogP contribution >= 0.6 is 11.6 Å². The van der Waals surface area contributed by atoms with E-state index in [1.165, 1.54) is 12.1 Å². The van der Waals surface area contributed by atoms with Gasteiger partial charge in [-0.1, -0.05) is 11.6 Å². The van der Waals surface area contributed by atoms with Gasteiger partial charge in [-0.2, -0.15) is 0 Å². The first-order valence-electron chi connectivity index (χ1n) is 11.6. The number of halogens is 1. The molecule has 0 aliphatic carbocycles. The van der Waals surface area contributed by atoms with Gasteiger partial charge in [-0.25, -0.2) is 9.78 Å². The fourth-order valence-corrected chi connectivity index (χ4v) is 4.59. The van der Waals surface area contributed by atoms with Crippen LogP contribution in [-0.2, 0) is 4.74 Å². The zero-order valence-electron chi connectivity index (χ0n) is 20.3. The van der Waals surface area contributed by atoms with Crippen molar-refractivity contribution in [3.63, 3.8) is 0 Å². The molecule has 1 aliphatic rings. The molecule has 3 aromatic rings. The molecule has 1 saturated heterocycles. The van der Waals surface area contributed by atoms with Crippen molar-refractivity contribution in [3.05, 3.63) is 46.7 Å². The highest BCUT2D eigenvalue weighted by atomic mass is 35.5. The van der Waals surface area contributed by atoms with Gasteiger partial charge in [-0.15, -0.1) is 0 Å². The standard InChI is InChI=1S/C25H30ClN5O4/c1-15-11-16(8-9-27-15)22(33)29-23-28-20-13-18(32)12-19(26)21(20)31(23)17-7-5-6-10-30(14-17)24(34)35-25(2,3)4/h8-9,11-13,17,32H,5-7,10,14H2,1-4H3,(H,28,29,33)/t17-/m1/s1. The SMILES string of the molecule is Cc1cc(C(=O)Nc2nc3cc(O)cc(Cl)c3n2[C@@H]2CCCCN(C(=O)OC(C)(C)C)C2)ccn1. The number of pyridine rings is 1. The number of phenolic OH excluding ortho intramolecular Hbond substituents is 1. The van der Waals surface area contributed by atoms with Gasteiger partial charge in [0.2, 0.25) is 5.95 Å². The number of aromatic hydroxyl groups is 1. The minimum absolute atomic E-state index is 0.0222. The summed E-state index contributed by atoms with van der Waals surface area (Å²) in [7, 11) is 0. The van der Waals surface area contributed by atoms with Crippen LogP contribution in [0.2, 0.25) is 5.02 Å². The molecule has 1 aliphatic heterocycles. The first-order valence-corrected chi connectivity index (χ1v) is 12.0. The summed E-state index contributed by atoms with van der Waals surface area (Å²) in [5, 5.41) is 13.3. The second kappa shape index (κ2) is 9.73. The minimum Gasteiger partial charge on any atom is -0.508 e. The Bertz CT molecular complexity index is 1270. The van der Waals surface area contributed by atoms with E-state index in [0.29, 0.717) is 40.7 Å². The van der Waals surface area contributed by atoms with E-state index < -0.39 is 5.60 Å². The number of hydrogen-bond acceptors (Lipinski definition) is 6. The summed E-state index contributed by atoms with van der Waals surface area (Å²) in [4.78, 5) is 36.4. The Labute approximate surface area is 209 Å². The minimum atomic E-state index is -0.608. The van der Waals surface area contributed by atoms with E-state index >= 15 is 0 Å². The van der Waals surface area contributed by atoms with Gasteiger partial charge < -0.3 is 19.3 Å². The van der Waals surface area contributed by atoms with Crippen molar-refractivity contribution in [2.75, 3.05) is 18.4 Å². The molecule has 0 saturated carbocycles. The Hall–Kier alpha value is -3.33. The summed E-state index contributed by atoms with van der Waals surface area (Å²) >= 11 is 6.55. The number of benzene rings is 1. The Morgan fingerprint density at radius 3 is 2.71 bits per heavy atom. The van der Waals surface area contributed by atoms with Gasteiger partial charge in [0.05, 0.1) is 22.1 Å². The number of nitrogens with one attached hydrogen (secondary N) is 1. The monoisotopic (exact) mass is 499 g/mol. The lowest BCUT2D eigenvalue weighted by Crippen LogP contribution is -2.39. The van der Waals surface area contributed by atoms with E-state index in [0.717, 1.165) is 25.0 Å². The van der Waals surface area contributed by atoms with Gasteiger partial charge in [0, 0.05) is 42.7 Å². The first-order chi connectivity index (χ1) is 16.5. The number of aromatic nitrogens is 3. The smallest absolute Gasteiger partial charge is 0.410 e. The molecule has 2 aromatic heterocycles. The lowest BCUT2D eigenvalue weighted by atomic mass is 10.1. The largest absolute Gasteiger partial charge is 0.508 e. The van der Waals surface area contributed by atoms with Gasteiger partial charge in [0.15, 0.2) is 0 Å². The predicted molar refractivity (Wildman–Crippen MR) is 134 cm³/mol. The van der Waals surface area contributed by atoms with E-state index in [1.807, 2.05) is 32.3 Å². The molecule has 1 fully saturated rings. The number of carbonyl (C=O) groups excluding carboxylic acids is 2. The number of phenols is 1. The number of rotatable bonds is 3. The second-order valence-corrected chi connectivity index (χ2v) is 10.2. The Balaban J connectivity index is 1.74. The summed E-state index contributed by atoms with van der Waals surface area (Å²) < 4.78 is 7.48. The number of imidazole rings is 1. The van der Waals surface area contributed by atoms with E-state index in [2.05, 4.69) is 15.3 Å². The zero-order chi connectivity index (χ0) is 25.3. The summed E-state index contributed by atoms with van der Waals surface area (Å²) in [5.74, 6) is -0.0703. The molecule has 1 aromatic carbocycles. The summed E-state index contributed by atoms with van der Waals surface area (Å²) in [6.45, 7) is 8.27. The predicted octanol–water partition coefficient (Wildman–Crippen LogP) is 5.31. The van der Waals surface area contributed by atoms with Crippen molar-refractivity contribution in [3.8, 4) is 5.75 Å². The van der Waals surface area contributed by atoms with E-state index in [-0.39, 0.29) is 23.8 Å². The van der Waals surface area contributed by atoms with Crippen molar-refractivity contribution in [1.82, 2.24) is 19.4 Å². The topological polar surface area (TPSA) is 110 Å². The molecule has 0 bridgehead atoms. The average Bonchev–Trinajstić information content (AvgIpc) is 2.94. The average molecular weight is 500 g/mol. The van der Waals surface area contributed by atoms with Gasteiger partial charge in [0.25, 0.3) is 5.91 Å². The molecule has 0 spiro atoms. The maximum Gasteiger partial charge on any atom is 0.410 e. The molecule has 186 valence electrons. The summed E-state index contributed by atoms with van der Waals surface area (Å²) in [6.07, 6.45) is 3.65. The number of fused-ring (bicyclic) bond motifs is 1. The molecule has 0 radical (unpaired) electrons. The molecule has 10 heteroatoms. The molecule has 1 atom stereocenters. The molecule has 35 heavy (non-hydrogen) atoms. The molecular formula is C25H30ClN5O4. The first kappa shape index (κ1) is 24.8. The molecule has 4 rings (SSSR count). The number of aryl methyl sites for hydroxylation is 1. The fourth-order valence-electron chi connectivity index (χ4n) is 4.30. The van der Waals surface area contributed by atoms with Gasteiger partial charge in [-0.05, 0) is 59.1 Å². The van der Waals surface area contributed by atoms with Crippen LogP contribution in [0.15, 0.2) is 30.5 Å². The maximum atomic E-state index is 13.1. The number of hydrogen-bond donors (Lipinski definition) is 2. The third kappa shape index (κ3) is 5.67.